The Kier molecular flexibility index (Phi) is 3.16. The highest BCUT2D eigenvalue weighted by atomic mass is 14.7. The SMILES string of the molecule is Cc1ccc(CC2(N)CCCc3ccccc32)cc1. The highest BCUT2D eigenvalue weighted by Crippen LogP contribution is 2.35. The Morgan fingerprint density at radius 1 is 1.05 bits per heavy atom. The average molecular weight is 251 g/mol. The first-order valence-corrected chi connectivity index (χ1v) is 7.10. The van der Waals surface area contributed by atoms with E-state index in [1.807, 2.05) is 0 Å². The summed E-state index contributed by atoms with van der Waals surface area (Å²) in [6.07, 6.45) is 4.38. The van der Waals surface area contributed by atoms with Crippen molar-refractivity contribution in [2.45, 2.75) is 38.1 Å². The van der Waals surface area contributed by atoms with Gasteiger partial charge in [-0.15, -0.1) is 0 Å². The molecule has 0 saturated heterocycles. The molecule has 1 nitrogen and oxygen atoms in total. The van der Waals surface area contributed by atoms with Gasteiger partial charge in [-0.25, -0.2) is 0 Å². The maximum atomic E-state index is 6.74. The highest BCUT2D eigenvalue weighted by Gasteiger charge is 2.32. The first-order chi connectivity index (χ1) is 9.17. The van der Waals surface area contributed by atoms with Gasteiger partial charge in [0.25, 0.3) is 0 Å². The van der Waals surface area contributed by atoms with E-state index >= 15 is 0 Å². The molecule has 1 unspecified atom stereocenters. The molecule has 0 fully saturated rings. The highest BCUT2D eigenvalue weighted by molar-refractivity contribution is 5.38. The van der Waals surface area contributed by atoms with Gasteiger partial charge in [0.05, 0.1) is 0 Å². The van der Waals surface area contributed by atoms with E-state index in [-0.39, 0.29) is 5.54 Å². The van der Waals surface area contributed by atoms with Gasteiger partial charge in [0.1, 0.15) is 0 Å². The maximum Gasteiger partial charge on any atom is 0.0453 e. The van der Waals surface area contributed by atoms with E-state index in [0.29, 0.717) is 0 Å². The maximum absolute atomic E-state index is 6.74. The lowest BCUT2D eigenvalue weighted by Crippen LogP contribution is -2.42. The molecule has 2 N–H and O–H groups in total. The molecule has 0 amide bonds. The fourth-order valence-corrected chi connectivity index (χ4v) is 3.21. The minimum atomic E-state index is -0.190. The minimum absolute atomic E-state index is 0.190. The van der Waals surface area contributed by atoms with Gasteiger partial charge < -0.3 is 5.73 Å². The first-order valence-electron chi connectivity index (χ1n) is 7.10. The third-order valence-corrected chi connectivity index (χ3v) is 4.26. The van der Waals surface area contributed by atoms with Crippen LogP contribution in [0.1, 0.15) is 35.1 Å². The summed E-state index contributed by atoms with van der Waals surface area (Å²) < 4.78 is 0. The molecular weight excluding hydrogens is 230 g/mol. The van der Waals surface area contributed by atoms with Crippen LogP contribution >= 0.6 is 0 Å². The van der Waals surface area contributed by atoms with Crippen molar-refractivity contribution in [3.63, 3.8) is 0 Å². The van der Waals surface area contributed by atoms with Gasteiger partial charge >= 0.3 is 0 Å². The molecule has 0 spiro atoms. The van der Waals surface area contributed by atoms with Crippen molar-refractivity contribution < 1.29 is 0 Å². The Labute approximate surface area is 115 Å². The van der Waals surface area contributed by atoms with Gasteiger partial charge in [-0.3, -0.25) is 0 Å². The average Bonchev–Trinajstić information content (AvgIpc) is 2.42. The molecule has 2 aromatic carbocycles. The number of nitrogens with two attached hydrogens (primary N) is 1. The van der Waals surface area contributed by atoms with Crippen molar-refractivity contribution in [1.82, 2.24) is 0 Å². The quantitative estimate of drug-likeness (QED) is 0.864. The normalized spacial score (nSPS) is 22.0. The summed E-state index contributed by atoms with van der Waals surface area (Å²) in [6.45, 7) is 2.12. The number of rotatable bonds is 2. The van der Waals surface area contributed by atoms with Crippen LogP contribution in [-0.4, -0.2) is 0 Å². The lowest BCUT2D eigenvalue weighted by atomic mass is 9.74. The van der Waals surface area contributed by atoms with Crippen molar-refractivity contribution in [2.75, 3.05) is 0 Å². The Morgan fingerprint density at radius 3 is 2.58 bits per heavy atom. The summed E-state index contributed by atoms with van der Waals surface area (Å²) in [7, 11) is 0. The second kappa shape index (κ2) is 4.82. The molecule has 0 aliphatic heterocycles. The van der Waals surface area contributed by atoms with E-state index in [1.165, 1.54) is 35.1 Å². The molecule has 19 heavy (non-hydrogen) atoms. The Bertz CT molecular complexity index is 570. The fourth-order valence-electron chi connectivity index (χ4n) is 3.21. The molecule has 1 aliphatic rings. The molecule has 0 bridgehead atoms. The van der Waals surface area contributed by atoms with Gasteiger partial charge in [-0.2, -0.15) is 0 Å². The van der Waals surface area contributed by atoms with Crippen molar-refractivity contribution in [3.8, 4) is 0 Å². The monoisotopic (exact) mass is 251 g/mol. The topological polar surface area (TPSA) is 26.0 Å². The van der Waals surface area contributed by atoms with Crippen molar-refractivity contribution in [3.05, 3.63) is 70.8 Å². The van der Waals surface area contributed by atoms with E-state index in [0.717, 1.165) is 12.8 Å². The van der Waals surface area contributed by atoms with Gasteiger partial charge in [-0.1, -0.05) is 54.1 Å². The standard InChI is InChI=1S/C18H21N/c1-14-8-10-15(11-9-14)13-18(19)12-4-6-16-5-2-3-7-17(16)18/h2-3,5,7-11H,4,6,12-13,19H2,1H3. The molecule has 0 heterocycles. The van der Waals surface area contributed by atoms with Crippen LogP contribution in [-0.2, 0) is 18.4 Å². The lowest BCUT2D eigenvalue weighted by Gasteiger charge is -2.36. The van der Waals surface area contributed by atoms with Crippen LogP contribution in [0.2, 0.25) is 0 Å². The van der Waals surface area contributed by atoms with Crippen molar-refractivity contribution in [1.29, 1.82) is 0 Å². The Morgan fingerprint density at radius 2 is 1.79 bits per heavy atom. The van der Waals surface area contributed by atoms with E-state index in [1.54, 1.807) is 0 Å². The second-order valence-electron chi connectivity index (χ2n) is 5.83. The third kappa shape index (κ3) is 2.43. The molecule has 3 rings (SSSR count). The molecule has 2 aromatic rings. The van der Waals surface area contributed by atoms with E-state index in [4.69, 9.17) is 5.73 Å². The minimum Gasteiger partial charge on any atom is -0.321 e. The second-order valence-corrected chi connectivity index (χ2v) is 5.83. The van der Waals surface area contributed by atoms with Crippen LogP contribution in [0.25, 0.3) is 0 Å². The molecule has 0 saturated carbocycles. The molecule has 98 valence electrons. The lowest BCUT2D eigenvalue weighted by molar-refractivity contribution is 0.369. The summed E-state index contributed by atoms with van der Waals surface area (Å²) in [5.41, 5.74) is 12.0. The van der Waals surface area contributed by atoms with E-state index in [9.17, 15) is 0 Å². The van der Waals surface area contributed by atoms with E-state index in [2.05, 4.69) is 55.5 Å². The van der Waals surface area contributed by atoms with Crippen LogP contribution in [0.15, 0.2) is 48.5 Å². The van der Waals surface area contributed by atoms with Crippen molar-refractivity contribution >= 4 is 0 Å². The number of fused-ring (bicyclic) bond motifs is 1. The molecule has 0 aromatic heterocycles. The molecule has 1 atom stereocenters. The molecular formula is C18H21N. The molecule has 1 aliphatic carbocycles. The Balaban J connectivity index is 1.93. The fraction of sp³-hybridized carbons (Fsp3) is 0.333. The number of benzene rings is 2. The first kappa shape index (κ1) is 12.4. The summed E-state index contributed by atoms with van der Waals surface area (Å²) >= 11 is 0. The Hall–Kier alpha value is -1.60. The molecule has 1 heteroatoms. The zero-order valence-corrected chi connectivity index (χ0v) is 11.5. The zero-order valence-electron chi connectivity index (χ0n) is 11.5. The zero-order chi connectivity index (χ0) is 13.3. The summed E-state index contributed by atoms with van der Waals surface area (Å²) in [5, 5.41) is 0. The van der Waals surface area contributed by atoms with Crippen molar-refractivity contribution in [2.24, 2.45) is 5.73 Å². The number of hydrogen-bond donors (Lipinski definition) is 1. The summed E-state index contributed by atoms with van der Waals surface area (Å²) in [5.74, 6) is 0. The third-order valence-electron chi connectivity index (χ3n) is 4.26. The predicted octanol–water partition coefficient (Wildman–Crippen LogP) is 3.73. The van der Waals surface area contributed by atoms with Crippen LogP contribution in [0.5, 0.6) is 0 Å². The van der Waals surface area contributed by atoms with Crippen LogP contribution in [0.4, 0.5) is 0 Å². The van der Waals surface area contributed by atoms with Gasteiger partial charge in [0, 0.05) is 5.54 Å². The van der Waals surface area contributed by atoms with Crippen LogP contribution < -0.4 is 5.73 Å². The van der Waals surface area contributed by atoms with Crippen LogP contribution in [0.3, 0.4) is 0 Å². The van der Waals surface area contributed by atoms with Crippen LogP contribution in [0, 0.1) is 6.92 Å². The van der Waals surface area contributed by atoms with Gasteiger partial charge in [-0.05, 0) is 49.3 Å². The van der Waals surface area contributed by atoms with Gasteiger partial charge in [0.15, 0.2) is 0 Å². The predicted molar refractivity (Wildman–Crippen MR) is 80.1 cm³/mol. The van der Waals surface area contributed by atoms with E-state index < -0.39 is 0 Å². The smallest absolute Gasteiger partial charge is 0.0453 e. The molecule has 0 radical (unpaired) electrons. The largest absolute Gasteiger partial charge is 0.321 e. The summed E-state index contributed by atoms with van der Waals surface area (Å²) in [6, 6.07) is 17.4. The number of aryl methyl sites for hydroxylation is 2. The summed E-state index contributed by atoms with van der Waals surface area (Å²) in [4.78, 5) is 0. The van der Waals surface area contributed by atoms with Gasteiger partial charge in [0.2, 0.25) is 0 Å². The number of hydrogen-bond acceptors (Lipinski definition) is 1.